The molecule has 2 rings (SSSR count). The van der Waals surface area contributed by atoms with Gasteiger partial charge >= 0.3 is 11.9 Å². The van der Waals surface area contributed by atoms with Crippen LogP contribution in [0.2, 0.25) is 0 Å². The smallest absolute Gasteiger partial charge is 0.339 e. The van der Waals surface area contributed by atoms with Gasteiger partial charge < -0.3 is 14.4 Å². The second kappa shape index (κ2) is 7.42. The Hall–Kier alpha value is -1.85. The Morgan fingerprint density at radius 3 is 2.55 bits per heavy atom. The highest BCUT2D eigenvalue weighted by atomic mass is 35.5. The molecule has 1 aliphatic heterocycles. The highest BCUT2D eigenvalue weighted by molar-refractivity contribution is 6.22. The molecule has 0 bridgehead atoms. The number of benzene rings is 1. The Bertz CT molecular complexity index is 585. The van der Waals surface area contributed by atoms with E-state index in [0.29, 0.717) is 29.7 Å². The number of likely N-dealkylation sites (N-methyl/N-ethyl adjacent to an activating group) is 1. The van der Waals surface area contributed by atoms with Gasteiger partial charge in [-0.2, -0.15) is 0 Å². The van der Waals surface area contributed by atoms with Crippen LogP contribution >= 0.6 is 11.6 Å². The molecule has 1 atom stereocenters. The molecule has 0 spiro atoms. The third-order valence-electron chi connectivity index (χ3n) is 3.50. The van der Waals surface area contributed by atoms with Crippen LogP contribution in [0.15, 0.2) is 41.5 Å². The molecule has 1 heterocycles. The normalized spacial score (nSPS) is 17.0. The van der Waals surface area contributed by atoms with Crippen molar-refractivity contribution in [1.29, 1.82) is 0 Å². The average Bonchev–Trinajstić information content (AvgIpc) is 2.54. The van der Waals surface area contributed by atoms with Crippen molar-refractivity contribution in [2.24, 2.45) is 0 Å². The molecule has 0 N–H and O–H groups in total. The molecule has 6 heteroatoms. The summed E-state index contributed by atoms with van der Waals surface area (Å²) in [7, 11) is 3.22. The zero-order valence-electron chi connectivity index (χ0n) is 12.5. The molecule has 0 amide bonds. The maximum absolute atomic E-state index is 12.1. The predicted octanol–water partition coefficient (Wildman–Crippen LogP) is 2.21. The Morgan fingerprint density at radius 1 is 1.23 bits per heavy atom. The molecule has 0 saturated carbocycles. The van der Waals surface area contributed by atoms with Crippen LogP contribution in [0, 0.1) is 0 Å². The summed E-state index contributed by atoms with van der Waals surface area (Å²) < 4.78 is 10.1. The van der Waals surface area contributed by atoms with Gasteiger partial charge in [-0.25, -0.2) is 9.59 Å². The van der Waals surface area contributed by atoms with Crippen LogP contribution < -0.4 is 0 Å². The van der Waals surface area contributed by atoms with E-state index in [2.05, 4.69) is 0 Å². The number of carbonyl (C=O) groups is 2. The van der Waals surface area contributed by atoms with E-state index < -0.39 is 17.5 Å². The summed E-state index contributed by atoms with van der Waals surface area (Å²) in [4.78, 5) is 25.9. The Balaban J connectivity index is 2.17. The summed E-state index contributed by atoms with van der Waals surface area (Å²) in [6, 6.07) is 8.60. The molecule has 5 nitrogen and oxygen atoms in total. The molecule has 22 heavy (non-hydrogen) atoms. The van der Waals surface area contributed by atoms with E-state index in [9.17, 15) is 9.59 Å². The first kappa shape index (κ1) is 16.5. The third kappa shape index (κ3) is 3.87. The molecule has 118 valence electrons. The SMILES string of the molecule is COC(=O)C1=C(C(Cl)OC(=O)c2ccccc2)CCN(C)C1. The fourth-order valence-corrected chi connectivity index (χ4v) is 2.61. The monoisotopic (exact) mass is 323 g/mol. The average molecular weight is 324 g/mol. The van der Waals surface area contributed by atoms with Crippen LogP contribution in [-0.2, 0) is 14.3 Å². The second-order valence-corrected chi connectivity index (χ2v) is 5.47. The zero-order valence-corrected chi connectivity index (χ0v) is 13.3. The molecule has 0 aliphatic carbocycles. The van der Waals surface area contributed by atoms with Crippen LogP contribution in [0.5, 0.6) is 0 Å². The van der Waals surface area contributed by atoms with Crippen LogP contribution in [-0.4, -0.2) is 49.6 Å². The highest BCUT2D eigenvalue weighted by Crippen LogP contribution is 2.26. The van der Waals surface area contributed by atoms with Gasteiger partial charge in [0.05, 0.1) is 18.2 Å². The molecule has 0 aromatic heterocycles. The van der Waals surface area contributed by atoms with Crippen molar-refractivity contribution in [2.45, 2.75) is 12.0 Å². The van der Waals surface area contributed by atoms with Crippen molar-refractivity contribution < 1.29 is 19.1 Å². The number of rotatable bonds is 4. The summed E-state index contributed by atoms with van der Waals surface area (Å²) >= 11 is 6.22. The molecule has 1 aromatic rings. The maximum Gasteiger partial charge on any atom is 0.339 e. The largest absolute Gasteiger partial charge is 0.466 e. The van der Waals surface area contributed by atoms with Crippen molar-refractivity contribution in [3.8, 4) is 0 Å². The fraction of sp³-hybridized carbons (Fsp3) is 0.375. The number of ether oxygens (including phenoxy) is 2. The molecular weight excluding hydrogens is 306 g/mol. The molecule has 0 radical (unpaired) electrons. The van der Waals surface area contributed by atoms with Gasteiger partial charge in [0.2, 0.25) is 0 Å². The topological polar surface area (TPSA) is 55.8 Å². The van der Waals surface area contributed by atoms with Gasteiger partial charge in [0, 0.05) is 13.1 Å². The number of methoxy groups -OCH3 is 1. The van der Waals surface area contributed by atoms with Gasteiger partial charge in [0.15, 0.2) is 5.56 Å². The summed E-state index contributed by atoms with van der Waals surface area (Å²) in [6.07, 6.45) is 0.553. The summed E-state index contributed by atoms with van der Waals surface area (Å²) in [5.41, 5.74) is 0.504. The minimum atomic E-state index is -0.976. The van der Waals surface area contributed by atoms with Crippen molar-refractivity contribution >= 4 is 23.5 Å². The van der Waals surface area contributed by atoms with Crippen molar-refractivity contribution in [1.82, 2.24) is 4.90 Å². The lowest BCUT2D eigenvalue weighted by atomic mass is 10.0. The Kier molecular flexibility index (Phi) is 5.57. The number of nitrogens with zero attached hydrogens (tertiary/aromatic N) is 1. The second-order valence-electron chi connectivity index (χ2n) is 5.07. The number of carbonyl (C=O) groups excluding carboxylic acids is 2. The lowest BCUT2D eigenvalue weighted by Gasteiger charge is -2.28. The van der Waals surface area contributed by atoms with E-state index in [-0.39, 0.29) is 0 Å². The number of hydrogen-bond donors (Lipinski definition) is 0. The first-order chi connectivity index (χ1) is 10.5. The molecule has 1 unspecified atom stereocenters. The number of hydrogen-bond acceptors (Lipinski definition) is 5. The Morgan fingerprint density at radius 2 is 1.91 bits per heavy atom. The van der Waals surface area contributed by atoms with Gasteiger partial charge in [0.25, 0.3) is 0 Å². The summed E-state index contributed by atoms with van der Waals surface area (Å²) in [5.74, 6) is -0.959. The van der Waals surface area contributed by atoms with Crippen molar-refractivity contribution in [2.75, 3.05) is 27.2 Å². The molecule has 0 fully saturated rings. The molecule has 1 aromatic carbocycles. The van der Waals surface area contributed by atoms with Crippen LogP contribution in [0.3, 0.4) is 0 Å². The number of halogens is 1. The van der Waals surface area contributed by atoms with Gasteiger partial charge in [-0.15, -0.1) is 0 Å². The molecule has 0 saturated heterocycles. The lowest BCUT2D eigenvalue weighted by molar-refractivity contribution is -0.136. The minimum Gasteiger partial charge on any atom is -0.466 e. The van der Waals surface area contributed by atoms with Gasteiger partial charge in [-0.1, -0.05) is 29.8 Å². The van der Waals surface area contributed by atoms with Crippen molar-refractivity contribution in [3.63, 3.8) is 0 Å². The maximum atomic E-state index is 12.1. The van der Waals surface area contributed by atoms with E-state index in [4.69, 9.17) is 21.1 Å². The van der Waals surface area contributed by atoms with E-state index >= 15 is 0 Å². The van der Waals surface area contributed by atoms with Crippen LogP contribution in [0.1, 0.15) is 16.8 Å². The molecular formula is C16H18ClNO4. The number of esters is 2. The minimum absolute atomic E-state index is 0.418. The quantitative estimate of drug-likeness (QED) is 0.628. The van der Waals surface area contributed by atoms with Gasteiger partial charge in [-0.3, -0.25) is 0 Å². The fourth-order valence-electron chi connectivity index (χ4n) is 2.29. The standard InChI is InChI=1S/C16H18ClNO4/c1-18-9-8-12(13(10-18)16(20)21-2)14(17)22-15(19)11-6-4-3-5-7-11/h3-7,14H,8-10H2,1-2H3. The van der Waals surface area contributed by atoms with Gasteiger partial charge in [0.1, 0.15) is 0 Å². The summed E-state index contributed by atoms with van der Waals surface area (Å²) in [6.45, 7) is 1.16. The van der Waals surface area contributed by atoms with Crippen molar-refractivity contribution in [3.05, 3.63) is 47.0 Å². The third-order valence-corrected chi connectivity index (χ3v) is 3.86. The lowest BCUT2D eigenvalue weighted by Crippen LogP contribution is -2.34. The summed E-state index contributed by atoms with van der Waals surface area (Å²) in [5, 5.41) is 0. The van der Waals surface area contributed by atoms with E-state index in [1.54, 1.807) is 24.3 Å². The number of alkyl halides is 1. The van der Waals surface area contributed by atoms with E-state index in [0.717, 1.165) is 6.54 Å². The first-order valence-corrected chi connectivity index (χ1v) is 7.35. The van der Waals surface area contributed by atoms with Crippen LogP contribution in [0.25, 0.3) is 0 Å². The van der Waals surface area contributed by atoms with Crippen LogP contribution in [0.4, 0.5) is 0 Å². The van der Waals surface area contributed by atoms with Gasteiger partial charge in [-0.05, 0) is 31.2 Å². The first-order valence-electron chi connectivity index (χ1n) is 6.91. The van der Waals surface area contributed by atoms with E-state index in [1.807, 2.05) is 18.0 Å². The zero-order chi connectivity index (χ0) is 16.1. The molecule has 1 aliphatic rings. The van der Waals surface area contributed by atoms with E-state index in [1.165, 1.54) is 7.11 Å². The Labute approximate surface area is 134 Å². The predicted molar refractivity (Wildman–Crippen MR) is 82.7 cm³/mol. The highest BCUT2D eigenvalue weighted by Gasteiger charge is 2.29.